The third-order valence-electron chi connectivity index (χ3n) is 3.72. The number of hydrogen-bond donors (Lipinski definition) is 2. The molecule has 1 amide bonds. The standard InChI is InChI=1S/C16H24N2O2S.ClH/c1-12(21-14-5-3-2-4-6-14)11-18-16(19)15(17)13-7-9-20-10-8-13;/h2-6,12-13,15H,7-11,17H2,1H3,(H,18,19);1H. The van der Waals surface area contributed by atoms with Crippen LogP contribution in [0.2, 0.25) is 0 Å². The molecule has 124 valence electrons. The van der Waals surface area contributed by atoms with Gasteiger partial charge in [-0.25, -0.2) is 0 Å². The average molecular weight is 345 g/mol. The summed E-state index contributed by atoms with van der Waals surface area (Å²) in [5.41, 5.74) is 6.06. The first-order valence-electron chi connectivity index (χ1n) is 7.49. The van der Waals surface area contributed by atoms with E-state index < -0.39 is 6.04 Å². The van der Waals surface area contributed by atoms with Gasteiger partial charge in [-0.05, 0) is 30.9 Å². The van der Waals surface area contributed by atoms with Crippen molar-refractivity contribution in [2.24, 2.45) is 11.7 Å². The third kappa shape index (κ3) is 6.16. The van der Waals surface area contributed by atoms with Crippen molar-refractivity contribution in [3.05, 3.63) is 30.3 Å². The van der Waals surface area contributed by atoms with E-state index in [4.69, 9.17) is 10.5 Å². The lowest BCUT2D eigenvalue weighted by Gasteiger charge is -2.27. The van der Waals surface area contributed by atoms with Gasteiger partial charge in [0.15, 0.2) is 0 Å². The molecule has 2 rings (SSSR count). The SMILES string of the molecule is CC(CNC(=O)C(N)C1CCOCC1)Sc1ccccc1.Cl. The Bertz CT molecular complexity index is 441. The summed E-state index contributed by atoms with van der Waals surface area (Å²) in [5, 5.41) is 3.29. The van der Waals surface area contributed by atoms with Crippen LogP contribution in [0, 0.1) is 5.92 Å². The van der Waals surface area contributed by atoms with Gasteiger partial charge in [-0.1, -0.05) is 25.1 Å². The Labute approximate surface area is 143 Å². The summed E-state index contributed by atoms with van der Waals surface area (Å²) in [4.78, 5) is 13.3. The molecule has 0 aromatic heterocycles. The molecule has 1 aromatic rings. The third-order valence-corrected chi connectivity index (χ3v) is 4.83. The Hall–Kier alpha value is -0.750. The Morgan fingerprint density at radius 3 is 2.64 bits per heavy atom. The van der Waals surface area contributed by atoms with Crippen molar-refractivity contribution < 1.29 is 9.53 Å². The molecule has 1 aliphatic heterocycles. The van der Waals surface area contributed by atoms with Crippen molar-refractivity contribution >= 4 is 30.1 Å². The molecule has 1 aromatic carbocycles. The molecule has 1 aliphatic rings. The maximum absolute atomic E-state index is 12.1. The van der Waals surface area contributed by atoms with Crippen molar-refractivity contribution in [1.29, 1.82) is 0 Å². The topological polar surface area (TPSA) is 64.4 Å². The minimum Gasteiger partial charge on any atom is -0.381 e. The van der Waals surface area contributed by atoms with Gasteiger partial charge >= 0.3 is 0 Å². The molecular weight excluding hydrogens is 320 g/mol. The van der Waals surface area contributed by atoms with Crippen LogP contribution in [-0.2, 0) is 9.53 Å². The molecule has 6 heteroatoms. The van der Waals surface area contributed by atoms with E-state index in [1.807, 2.05) is 18.2 Å². The van der Waals surface area contributed by atoms with Crippen molar-refractivity contribution in [2.75, 3.05) is 19.8 Å². The van der Waals surface area contributed by atoms with Gasteiger partial charge in [0.25, 0.3) is 0 Å². The van der Waals surface area contributed by atoms with Crippen LogP contribution >= 0.6 is 24.2 Å². The minimum absolute atomic E-state index is 0. The van der Waals surface area contributed by atoms with Crippen molar-refractivity contribution in [1.82, 2.24) is 5.32 Å². The van der Waals surface area contributed by atoms with Crippen LogP contribution in [0.25, 0.3) is 0 Å². The molecule has 4 nitrogen and oxygen atoms in total. The summed E-state index contributed by atoms with van der Waals surface area (Å²) in [5.74, 6) is 0.207. The second-order valence-electron chi connectivity index (χ2n) is 5.46. The fourth-order valence-corrected chi connectivity index (χ4v) is 3.37. The van der Waals surface area contributed by atoms with Crippen LogP contribution in [-0.4, -0.2) is 37.0 Å². The van der Waals surface area contributed by atoms with Crippen LogP contribution in [0.4, 0.5) is 0 Å². The molecule has 1 fully saturated rings. The number of nitrogens with one attached hydrogen (secondary N) is 1. The molecule has 1 heterocycles. The molecule has 1 saturated heterocycles. The van der Waals surface area contributed by atoms with Gasteiger partial charge < -0.3 is 15.8 Å². The molecule has 2 atom stereocenters. The number of benzene rings is 1. The number of ether oxygens (including phenoxy) is 1. The summed E-state index contributed by atoms with van der Waals surface area (Å²) in [6.07, 6.45) is 1.76. The molecular formula is C16H25ClN2O2S. The van der Waals surface area contributed by atoms with Gasteiger partial charge in [-0.15, -0.1) is 24.2 Å². The van der Waals surface area contributed by atoms with Gasteiger partial charge in [0.05, 0.1) is 6.04 Å². The number of halogens is 1. The maximum atomic E-state index is 12.1. The molecule has 2 unspecified atom stereocenters. The summed E-state index contributed by atoms with van der Waals surface area (Å²) in [7, 11) is 0. The highest BCUT2D eigenvalue weighted by atomic mass is 35.5. The summed E-state index contributed by atoms with van der Waals surface area (Å²) < 4.78 is 5.30. The summed E-state index contributed by atoms with van der Waals surface area (Å²) >= 11 is 1.76. The Morgan fingerprint density at radius 1 is 1.36 bits per heavy atom. The molecule has 0 spiro atoms. The van der Waals surface area contributed by atoms with E-state index in [0.717, 1.165) is 12.8 Å². The highest BCUT2D eigenvalue weighted by Crippen LogP contribution is 2.22. The van der Waals surface area contributed by atoms with Gasteiger partial charge in [-0.3, -0.25) is 4.79 Å². The van der Waals surface area contributed by atoms with Gasteiger partial charge in [0.1, 0.15) is 0 Å². The monoisotopic (exact) mass is 344 g/mol. The van der Waals surface area contributed by atoms with E-state index in [-0.39, 0.29) is 24.2 Å². The highest BCUT2D eigenvalue weighted by Gasteiger charge is 2.26. The Morgan fingerprint density at radius 2 is 2.00 bits per heavy atom. The number of amides is 1. The van der Waals surface area contributed by atoms with E-state index in [1.165, 1.54) is 4.90 Å². The predicted molar refractivity (Wildman–Crippen MR) is 93.5 cm³/mol. The number of carbonyl (C=O) groups excluding carboxylic acids is 1. The lowest BCUT2D eigenvalue weighted by Crippen LogP contribution is -2.48. The van der Waals surface area contributed by atoms with Gasteiger partial charge in [-0.2, -0.15) is 0 Å². The van der Waals surface area contributed by atoms with Crippen LogP contribution in [0.3, 0.4) is 0 Å². The normalized spacial score (nSPS) is 18.1. The van der Waals surface area contributed by atoms with E-state index in [2.05, 4.69) is 24.4 Å². The van der Waals surface area contributed by atoms with Crippen molar-refractivity contribution in [2.45, 2.75) is 36.0 Å². The first-order valence-corrected chi connectivity index (χ1v) is 8.37. The zero-order chi connectivity index (χ0) is 15.1. The second-order valence-corrected chi connectivity index (χ2v) is 6.97. The van der Waals surface area contributed by atoms with E-state index in [1.54, 1.807) is 11.8 Å². The summed E-state index contributed by atoms with van der Waals surface area (Å²) in [6.45, 7) is 4.17. The van der Waals surface area contributed by atoms with Gasteiger partial charge in [0.2, 0.25) is 5.91 Å². The number of thioether (sulfide) groups is 1. The molecule has 0 saturated carbocycles. The average Bonchev–Trinajstić information content (AvgIpc) is 2.53. The Kier molecular flexibility index (Phi) is 8.86. The first-order chi connectivity index (χ1) is 10.2. The molecule has 3 N–H and O–H groups in total. The van der Waals surface area contributed by atoms with E-state index in [0.29, 0.717) is 25.0 Å². The zero-order valence-corrected chi connectivity index (χ0v) is 14.5. The van der Waals surface area contributed by atoms with E-state index in [9.17, 15) is 4.79 Å². The molecule has 0 aliphatic carbocycles. The lowest BCUT2D eigenvalue weighted by atomic mass is 9.92. The number of hydrogen-bond acceptors (Lipinski definition) is 4. The number of carbonyl (C=O) groups is 1. The van der Waals surface area contributed by atoms with Crippen LogP contribution in [0.15, 0.2) is 35.2 Å². The maximum Gasteiger partial charge on any atom is 0.237 e. The van der Waals surface area contributed by atoms with E-state index >= 15 is 0 Å². The highest BCUT2D eigenvalue weighted by molar-refractivity contribution is 8.00. The largest absolute Gasteiger partial charge is 0.381 e. The van der Waals surface area contributed by atoms with Crippen molar-refractivity contribution in [3.63, 3.8) is 0 Å². The quantitative estimate of drug-likeness (QED) is 0.778. The first kappa shape index (κ1) is 19.3. The predicted octanol–water partition coefficient (Wildman–Crippen LogP) is 2.46. The smallest absolute Gasteiger partial charge is 0.237 e. The zero-order valence-electron chi connectivity index (χ0n) is 12.9. The molecule has 0 radical (unpaired) electrons. The van der Waals surface area contributed by atoms with Gasteiger partial charge in [0, 0.05) is 29.9 Å². The molecule has 0 bridgehead atoms. The van der Waals surface area contributed by atoms with Crippen LogP contribution < -0.4 is 11.1 Å². The number of rotatable bonds is 6. The summed E-state index contributed by atoms with van der Waals surface area (Å²) in [6, 6.07) is 9.79. The second kappa shape index (κ2) is 10.1. The van der Waals surface area contributed by atoms with Crippen molar-refractivity contribution in [3.8, 4) is 0 Å². The van der Waals surface area contributed by atoms with Crippen LogP contribution in [0.1, 0.15) is 19.8 Å². The Balaban J connectivity index is 0.00000242. The lowest BCUT2D eigenvalue weighted by molar-refractivity contribution is -0.124. The number of nitrogens with two attached hydrogens (primary N) is 1. The fraction of sp³-hybridized carbons (Fsp3) is 0.562. The molecule has 22 heavy (non-hydrogen) atoms. The fourth-order valence-electron chi connectivity index (χ4n) is 2.42. The van der Waals surface area contributed by atoms with Crippen LogP contribution in [0.5, 0.6) is 0 Å². The minimum atomic E-state index is -0.414.